The molecular formula is C22H25N5O7. The molecule has 0 bridgehead atoms. The lowest BCUT2D eigenvalue weighted by Gasteiger charge is -2.35. The van der Waals surface area contributed by atoms with E-state index in [0.717, 1.165) is 4.90 Å². The van der Waals surface area contributed by atoms with E-state index in [9.17, 15) is 28.8 Å². The van der Waals surface area contributed by atoms with Gasteiger partial charge in [0.2, 0.25) is 5.91 Å². The zero-order valence-electron chi connectivity index (χ0n) is 19.0. The molecule has 12 nitrogen and oxygen atoms in total. The maximum absolute atomic E-state index is 13.0. The first-order valence-corrected chi connectivity index (χ1v) is 10.8. The van der Waals surface area contributed by atoms with Gasteiger partial charge in [-0.05, 0) is 39.0 Å². The Balaban J connectivity index is 1.45. The molecular weight excluding hydrogens is 446 g/mol. The predicted molar refractivity (Wildman–Crippen MR) is 116 cm³/mol. The van der Waals surface area contributed by atoms with Crippen molar-refractivity contribution in [1.29, 1.82) is 0 Å². The predicted octanol–water partition coefficient (Wildman–Crippen LogP) is -0.452. The first-order chi connectivity index (χ1) is 16.0. The second kappa shape index (κ2) is 8.52. The normalized spacial score (nSPS) is 20.9. The Morgan fingerprint density at radius 2 is 1.56 bits per heavy atom. The van der Waals surface area contributed by atoms with Crippen molar-refractivity contribution in [2.45, 2.75) is 32.5 Å². The molecule has 0 radical (unpaired) electrons. The highest BCUT2D eigenvalue weighted by Crippen LogP contribution is 2.26. The lowest BCUT2D eigenvalue weighted by molar-refractivity contribution is -0.136. The van der Waals surface area contributed by atoms with Gasteiger partial charge in [0, 0.05) is 31.7 Å². The molecule has 3 aliphatic rings. The number of piperazine rings is 2. The van der Waals surface area contributed by atoms with E-state index in [1.165, 1.54) is 23.1 Å². The van der Waals surface area contributed by atoms with Crippen LogP contribution in [0.15, 0.2) is 18.2 Å². The summed E-state index contributed by atoms with van der Waals surface area (Å²) < 4.78 is 5.36. The SMILES string of the molecule is CC(C)(C)OC(=O)N1CCN(C(=O)c2ccc3c(c2)C(=O)N(C2NCC(=O)NC2=O)C3=O)CC1. The maximum atomic E-state index is 13.0. The number of hydrogen-bond donors (Lipinski definition) is 2. The number of carbonyl (C=O) groups excluding carboxylic acids is 6. The van der Waals surface area contributed by atoms with E-state index < -0.39 is 41.5 Å². The van der Waals surface area contributed by atoms with Crippen molar-refractivity contribution < 1.29 is 33.5 Å². The van der Waals surface area contributed by atoms with E-state index in [1.54, 1.807) is 25.7 Å². The average Bonchev–Trinajstić information content (AvgIpc) is 3.02. The van der Waals surface area contributed by atoms with E-state index >= 15 is 0 Å². The number of amides is 6. The highest BCUT2D eigenvalue weighted by atomic mass is 16.6. The summed E-state index contributed by atoms with van der Waals surface area (Å²) in [4.78, 5) is 78.3. The minimum absolute atomic E-state index is 0.00902. The number of ether oxygens (including phenoxy) is 1. The summed E-state index contributed by atoms with van der Waals surface area (Å²) in [5.74, 6) is -3.12. The van der Waals surface area contributed by atoms with Crippen molar-refractivity contribution in [3.05, 3.63) is 34.9 Å². The highest BCUT2D eigenvalue weighted by Gasteiger charge is 2.45. The van der Waals surface area contributed by atoms with Crippen LogP contribution in [0.5, 0.6) is 0 Å². The maximum Gasteiger partial charge on any atom is 0.410 e. The van der Waals surface area contributed by atoms with Crippen molar-refractivity contribution in [2.75, 3.05) is 32.7 Å². The first kappa shape index (κ1) is 23.4. The number of nitrogens with zero attached hydrogens (tertiary/aromatic N) is 3. The molecule has 6 amide bonds. The van der Waals surface area contributed by atoms with E-state index in [-0.39, 0.29) is 42.2 Å². The Morgan fingerprint density at radius 1 is 0.941 bits per heavy atom. The molecule has 1 atom stereocenters. The quantitative estimate of drug-likeness (QED) is 0.552. The molecule has 180 valence electrons. The zero-order valence-corrected chi connectivity index (χ0v) is 19.0. The van der Waals surface area contributed by atoms with Crippen LogP contribution in [0.4, 0.5) is 4.79 Å². The van der Waals surface area contributed by atoms with Gasteiger partial charge in [-0.1, -0.05) is 0 Å². The molecule has 4 rings (SSSR count). The zero-order chi connectivity index (χ0) is 24.8. The molecule has 1 aromatic carbocycles. The molecule has 0 aliphatic carbocycles. The van der Waals surface area contributed by atoms with Gasteiger partial charge in [0.1, 0.15) is 5.60 Å². The van der Waals surface area contributed by atoms with Gasteiger partial charge in [-0.25, -0.2) is 9.69 Å². The standard InChI is InChI=1S/C22H25N5O7/c1-22(2,3)34-21(33)26-8-6-25(7-9-26)18(30)12-4-5-13-14(10-12)20(32)27(19(13)31)16-17(29)24-15(28)11-23-16/h4-5,10,16,23H,6-9,11H2,1-3H3,(H,24,28,29). The largest absolute Gasteiger partial charge is 0.444 e. The van der Waals surface area contributed by atoms with Crippen molar-refractivity contribution >= 4 is 35.6 Å². The van der Waals surface area contributed by atoms with Crippen LogP contribution in [0, 0.1) is 0 Å². The summed E-state index contributed by atoms with van der Waals surface area (Å²) in [6, 6.07) is 4.17. The number of benzene rings is 1. The Hall–Kier alpha value is -3.80. The number of imide groups is 2. The monoisotopic (exact) mass is 471 g/mol. The third-order valence-corrected chi connectivity index (χ3v) is 5.61. The van der Waals surface area contributed by atoms with Crippen molar-refractivity contribution in [1.82, 2.24) is 25.3 Å². The number of hydrogen-bond acceptors (Lipinski definition) is 8. The van der Waals surface area contributed by atoms with Crippen LogP contribution >= 0.6 is 0 Å². The Kier molecular flexibility index (Phi) is 5.86. The van der Waals surface area contributed by atoms with Crippen LogP contribution < -0.4 is 10.6 Å². The molecule has 2 saturated heterocycles. The smallest absolute Gasteiger partial charge is 0.410 e. The number of fused-ring (bicyclic) bond motifs is 1. The topological polar surface area (TPSA) is 145 Å². The fourth-order valence-corrected chi connectivity index (χ4v) is 3.97. The Morgan fingerprint density at radius 3 is 2.18 bits per heavy atom. The summed E-state index contributed by atoms with van der Waals surface area (Å²) in [6.45, 7) is 6.30. The van der Waals surface area contributed by atoms with Crippen LogP contribution in [0.2, 0.25) is 0 Å². The molecule has 0 spiro atoms. The second-order valence-corrected chi connectivity index (χ2v) is 9.20. The van der Waals surface area contributed by atoms with Gasteiger partial charge in [-0.15, -0.1) is 0 Å². The van der Waals surface area contributed by atoms with Gasteiger partial charge in [0.15, 0.2) is 6.17 Å². The molecule has 1 unspecified atom stereocenters. The molecule has 2 N–H and O–H groups in total. The second-order valence-electron chi connectivity index (χ2n) is 9.20. The molecule has 1 aromatic rings. The molecule has 12 heteroatoms. The van der Waals surface area contributed by atoms with Gasteiger partial charge in [-0.3, -0.25) is 34.6 Å². The van der Waals surface area contributed by atoms with Crippen LogP contribution in [-0.4, -0.2) is 94.8 Å². The van der Waals surface area contributed by atoms with Crippen LogP contribution in [0.1, 0.15) is 51.8 Å². The third kappa shape index (κ3) is 4.36. The first-order valence-electron chi connectivity index (χ1n) is 10.8. The fraction of sp³-hybridized carbons (Fsp3) is 0.455. The van der Waals surface area contributed by atoms with Crippen molar-refractivity contribution in [3.8, 4) is 0 Å². The van der Waals surface area contributed by atoms with Gasteiger partial charge in [0.25, 0.3) is 23.6 Å². The van der Waals surface area contributed by atoms with Gasteiger partial charge in [-0.2, -0.15) is 0 Å². The minimum Gasteiger partial charge on any atom is -0.444 e. The summed E-state index contributed by atoms with van der Waals surface area (Å²) in [5.41, 5.74) is -0.323. The van der Waals surface area contributed by atoms with Gasteiger partial charge < -0.3 is 14.5 Å². The molecule has 2 fully saturated rings. The lowest BCUT2D eigenvalue weighted by atomic mass is 10.0. The third-order valence-electron chi connectivity index (χ3n) is 5.61. The van der Waals surface area contributed by atoms with Crippen LogP contribution in [-0.2, 0) is 14.3 Å². The molecule has 0 saturated carbocycles. The molecule has 3 heterocycles. The highest BCUT2D eigenvalue weighted by molar-refractivity contribution is 6.24. The lowest BCUT2D eigenvalue weighted by Crippen LogP contribution is -2.64. The summed E-state index contributed by atoms with van der Waals surface area (Å²) in [7, 11) is 0. The van der Waals surface area contributed by atoms with E-state index in [1.807, 2.05) is 0 Å². The van der Waals surface area contributed by atoms with E-state index in [0.29, 0.717) is 13.1 Å². The Bertz CT molecular complexity index is 1100. The van der Waals surface area contributed by atoms with Crippen molar-refractivity contribution in [2.24, 2.45) is 0 Å². The molecule has 34 heavy (non-hydrogen) atoms. The number of nitrogens with one attached hydrogen (secondary N) is 2. The van der Waals surface area contributed by atoms with E-state index in [4.69, 9.17) is 4.74 Å². The van der Waals surface area contributed by atoms with Gasteiger partial charge >= 0.3 is 6.09 Å². The number of carbonyl (C=O) groups is 6. The summed E-state index contributed by atoms with van der Waals surface area (Å²) in [5, 5.41) is 4.66. The molecule has 0 aromatic heterocycles. The fourth-order valence-electron chi connectivity index (χ4n) is 3.97. The van der Waals surface area contributed by atoms with Crippen LogP contribution in [0.25, 0.3) is 0 Å². The number of rotatable bonds is 2. The Labute approximate surface area is 195 Å². The minimum atomic E-state index is -1.31. The summed E-state index contributed by atoms with van der Waals surface area (Å²) >= 11 is 0. The van der Waals surface area contributed by atoms with E-state index in [2.05, 4.69) is 10.6 Å². The molecule has 3 aliphatic heterocycles. The van der Waals surface area contributed by atoms with Crippen molar-refractivity contribution in [3.63, 3.8) is 0 Å². The summed E-state index contributed by atoms with van der Waals surface area (Å²) in [6.07, 6.45) is -1.76. The van der Waals surface area contributed by atoms with Gasteiger partial charge in [0.05, 0.1) is 17.7 Å². The average molecular weight is 471 g/mol. The van der Waals surface area contributed by atoms with Crippen LogP contribution in [0.3, 0.4) is 0 Å².